The minimum absolute atomic E-state index is 0.0537. The van der Waals surface area contributed by atoms with Gasteiger partial charge < -0.3 is 25.4 Å². The summed E-state index contributed by atoms with van der Waals surface area (Å²) in [6, 6.07) is 5.24. The van der Waals surface area contributed by atoms with Crippen LogP contribution in [0.4, 0.5) is 0 Å². The Hall–Kier alpha value is -3.14. The van der Waals surface area contributed by atoms with Gasteiger partial charge in [0.2, 0.25) is 11.8 Å². The second-order valence-electron chi connectivity index (χ2n) is 6.68. The average Bonchev–Trinajstić information content (AvgIpc) is 2.99. The molecule has 158 valence electrons. The van der Waals surface area contributed by atoms with E-state index in [1.165, 1.54) is 4.90 Å². The van der Waals surface area contributed by atoms with Crippen LogP contribution in [0.25, 0.3) is 0 Å². The summed E-state index contributed by atoms with van der Waals surface area (Å²) in [5, 5.41) is 27.6. The zero-order valence-electron chi connectivity index (χ0n) is 15.8. The Morgan fingerprint density at radius 1 is 1.10 bits per heavy atom. The monoisotopic (exact) mass is 408 g/mol. The SMILES string of the molecule is O=C(O)C(=O)O.O=C1CCC(=O)N1CCCNCC1CCc2ccc(O)cc2O1. The lowest BCUT2D eigenvalue weighted by molar-refractivity contribution is -0.159. The highest BCUT2D eigenvalue weighted by atomic mass is 16.5. The maximum absolute atomic E-state index is 11.5. The molecule has 1 unspecified atom stereocenters. The summed E-state index contributed by atoms with van der Waals surface area (Å²) in [5.41, 5.74) is 1.13. The molecule has 1 aromatic carbocycles. The minimum Gasteiger partial charge on any atom is -0.508 e. The van der Waals surface area contributed by atoms with Gasteiger partial charge in [-0.05, 0) is 37.4 Å². The first-order chi connectivity index (χ1) is 13.8. The third-order valence-corrected chi connectivity index (χ3v) is 4.53. The van der Waals surface area contributed by atoms with Gasteiger partial charge in [0.15, 0.2) is 0 Å². The molecule has 0 aromatic heterocycles. The molecule has 0 bridgehead atoms. The molecule has 1 aromatic rings. The van der Waals surface area contributed by atoms with E-state index in [1.807, 2.05) is 6.07 Å². The van der Waals surface area contributed by atoms with Gasteiger partial charge in [-0.3, -0.25) is 14.5 Å². The van der Waals surface area contributed by atoms with Gasteiger partial charge in [0.25, 0.3) is 0 Å². The fourth-order valence-electron chi connectivity index (χ4n) is 3.06. The molecule has 0 spiro atoms. The predicted molar refractivity (Wildman–Crippen MR) is 99.6 cm³/mol. The van der Waals surface area contributed by atoms with E-state index in [2.05, 4.69) is 5.32 Å². The molecule has 1 fully saturated rings. The van der Waals surface area contributed by atoms with Crippen LogP contribution in [0.15, 0.2) is 18.2 Å². The van der Waals surface area contributed by atoms with E-state index in [0.29, 0.717) is 19.4 Å². The van der Waals surface area contributed by atoms with Crippen LogP contribution in [0.3, 0.4) is 0 Å². The molecule has 10 nitrogen and oxygen atoms in total. The average molecular weight is 408 g/mol. The number of nitrogens with one attached hydrogen (secondary N) is 1. The number of amides is 2. The first-order valence-electron chi connectivity index (χ1n) is 9.26. The number of aliphatic carboxylic acids is 2. The molecule has 4 N–H and O–H groups in total. The molecule has 0 saturated carbocycles. The number of rotatable bonds is 6. The predicted octanol–water partition coefficient (Wildman–Crippen LogP) is 0.370. The Morgan fingerprint density at radius 2 is 1.76 bits per heavy atom. The fourth-order valence-corrected chi connectivity index (χ4v) is 3.06. The van der Waals surface area contributed by atoms with Crippen molar-refractivity contribution >= 4 is 23.8 Å². The molecular weight excluding hydrogens is 384 g/mol. The van der Waals surface area contributed by atoms with Crippen LogP contribution in [-0.4, -0.2) is 69.7 Å². The van der Waals surface area contributed by atoms with Crippen molar-refractivity contribution in [3.63, 3.8) is 0 Å². The van der Waals surface area contributed by atoms with Crippen LogP contribution in [0, 0.1) is 0 Å². The standard InChI is InChI=1S/C17H22N2O4.C2H2O4/c20-13-4-2-12-3-5-14(23-15(12)10-13)11-18-8-1-9-19-16(21)6-7-17(19)22;3-1(4)2(5)6/h2,4,10,14,18,20H,1,3,5-9,11H2;(H,3,4)(H,5,6). The summed E-state index contributed by atoms with van der Waals surface area (Å²) in [6.45, 7) is 1.95. The molecule has 10 heteroatoms. The van der Waals surface area contributed by atoms with Crippen LogP contribution in [-0.2, 0) is 25.6 Å². The molecule has 2 aliphatic rings. The Kier molecular flexibility index (Phi) is 7.96. The van der Waals surface area contributed by atoms with Crippen LogP contribution in [0.2, 0.25) is 0 Å². The van der Waals surface area contributed by atoms with Gasteiger partial charge >= 0.3 is 11.9 Å². The number of likely N-dealkylation sites (tertiary alicyclic amines) is 1. The van der Waals surface area contributed by atoms with Gasteiger partial charge in [0.05, 0.1) is 0 Å². The zero-order chi connectivity index (χ0) is 21.4. The van der Waals surface area contributed by atoms with Crippen molar-refractivity contribution in [3.8, 4) is 11.5 Å². The minimum atomic E-state index is -1.82. The van der Waals surface area contributed by atoms with Crippen molar-refractivity contribution in [2.45, 2.75) is 38.2 Å². The van der Waals surface area contributed by atoms with E-state index >= 15 is 0 Å². The molecule has 29 heavy (non-hydrogen) atoms. The summed E-state index contributed by atoms with van der Waals surface area (Å²) in [5.74, 6) is -2.78. The molecule has 0 aliphatic carbocycles. The van der Waals surface area contributed by atoms with E-state index in [4.69, 9.17) is 24.5 Å². The Morgan fingerprint density at radius 3 is 2.38 bits per heavy atom. The summed E-state index contributed by atoms with van der Waals surface area (Å²) < 4.78 is 5.89. The molecule has 0 radical (unpaired) electrons. The number of aryl methyl sites for hydroxylation is 1. The summed E-state index contributed by atoms with van der Waals surface area (Å²) in [4.78, 5) is 42.5. The summed E-state index contributed by atoms with van der Waals surface area (Å²) >= 11 is 0. The van der Waals surface area contributed by atoms with Gasteiger partial charge in [-0.1, -0.05) is 6.07 Å². The van der Waals surface area contributed by atoms with Crippen LogP contribution < -0.4 is 10.1 Å². The number of phenolic OH excluding ortho intramolecular Hbond substituents is 1. The first-order valence-corrected chi connectivity index (χ1v) is 9.26. The second-order valence-corrected chi connectivity index (χ2v) is 6.68. The highest BCUT2D eigenvalue weighted by Gasteiger charge is 2.28. The van der Waals surface area contributed by atoms with E-state index in [0.717, 1.165) is 43.7 Å². The zero-order valence-corrected chi connectivity index (χ0v) is 15.8. The molecule has 2 heterocycles. The van der Waals surface area contributed by atoms with Crippen molar-refractivity contribution in [2.75, 3.05) is 19.6 Å². The fraction of sp³-hybridized carbons (Fsp3) is 0.474. The number of nitrogens with zero attached hydrogens (tertiary/aromatic N) is 1. The summed E-state index contributed by atoms with van der Waals surface area (Å²) in [6.07, 6.45) is 3.43. The highest BCUT2D eigenvalue weighted by molar-refractivity contribution is 6.27. The topological polar surface area (TPSA) is 153 Å². The maximum Gasteiger partial charge on any atom is 0.414 e. The number of hydrogen-bond acceptors (Lipinski definition) is 7. The van der Waals surface area contributed by atoms with E-state index in [-0.39, 0.29) is 23.7 Å². The quantitative estimate of drug-likeness (QED) is 0.297. The number of ether oxygens (including phenoxy) is 1. The molecule has 1 saturated heterocycles. The lowest BCUT2D eigenvalue weighted by Gasteiger charge is -2.26. The maximum atomic E-state index is 11.5. The number of carbonyl (C=O) groups excluding carboxylic acids is 2. The van der Waals surface area contributed by atoms with Gasteiger partial charge in [-0.25, -0.2) is 9.59 Å². The number of aromatic hydroxyl groups is 1. The van der Waals surface area contributed by atoms with Gasteiger partial charge in [-0.2, -0.15) is 0 Å². The number of phenols is 1. The van der Waals surface area contributed by atoms with Crippen molar-refractivity contribution in [1.82, 2.24) is 10.2 Å². The van der Waals surface area contributed by atoms with Crippen LogP contribution in [0.5, 0.6) is 11.5 Å². The van der Waals surface area contributed by atoms with E-state index < -0.39 is 11.9 Å². The lowest BCUT2D eigenvalue weighted by Crippen LogP contribution is -2.36. The normalized spacial score (nSPS) is 17.8. The number of imide groups is 1. The largest absolute Gasteiger partial charge is 0.508 e. The number of hydrogen-bond donors (Lipinski definition) is 4. The molecule has 2 aliphatic heterocycles. The third-order valence-electron chi connectivity index (χ3n) is 4.53. The Bertz CT molecular complexity index is 751. The summed E-state index contributed by atoms with van der Waals surface area (Å²) in [7, 11) is 0. The van der Waals surface area contributed by atoms with Crippen LogP contribution >= 0.6 is 0 Å². The number of carboxylic acid groups (broad SMARTS) is 2. The number of carbonyl (C=O) groups is 4. The molecule has 1 atom stereocenters. The van der Waals surface area contributed by atoms with Crippen molar-refractivity contribution < 1.29 is 39.2 Å². The van der Waals surface area contributed by atoms with Crippen LogP contribution in [0.1, 0.15) is 31.2 Å². The molecular formula is C19H24N2O8. The van der Waals surface area contributed by atoms with E-state index in [9.17, 15) is 14.7 Å². The number of fused-ring (bicyclic) bond motifs is 1. The number of carboxylic acids is 2. The second kappa shape index (κ2) is 10.4. The van der Waals surface area contributed by atoms with Crippen molar-refractivity contribution in [1.29, 1.82) is 0 Å². The van der Waals surface area contributed by atoms with E-state index in [1.54, 1.807) is 12.1 Å². The van der Waals surface area contributed by atoms with Gasteiger partial charge in [0.1, 0.15) is 17.6 Å². The number of benzene rings is 1. The van der Waals surface area contributed by atoms with Gasteiger partial charge in [-0.15, -0.1) is 0 Å². The first kappa shape index (κ1) is 22.2. The Balaban J connectivity index is 0.000000438. The van der Waals surface area contributed by atoms with Crippen molar-refractivity contribution in [2.24, 2.45) is 0 Å². The Labute approximate surface area is 167 Å². The molecule has 2 amide bonds. The lowest BCUT2D eigenvalue weighted by atomic mass is 10.0. The van der Waals surface area contributed by atoms with Gasteiger partial charge in [0, 0.05) is 32.0 Å². The highest BCUT2D eigenvalue weighted by Crippen LogP contribution is 2.30. The molecule has 3 rings (SSSR count). The smallest absolute Gasteiger partial charge is 0.414 e. The third kappa shape index (κ3) is 6.75. The van der Waals surface area contributed by atoms with Crippen molar-refractivity contribution in [3.05, 3.63) is 23.8 Å².